The summed E-state index contributed by atoms with van der Waals surface area (Å²) in [7, 11) is 0. The number of fused-ring (bicyclic) bond motifs is 2. The van der Waals surface area contributed by atoms with Gasteiger partial charge in [0.05, 0.1) is 17.5 Å². The maximum Gasteiger partial charge on any atom is 0.325 e. The van der Waals surface area contributed by atoms with E-state index in [2.05, 4.69) is 10.3 Å². The molecule has 37 heavy (non-hydrogen) atoms. The minimum absolute atomic E-state index is 0.0894. The molecular weight excluding hydrogens is 477 g/mol. The van der Waals surface area contributed by atoms with Crippen molar-refractivity contribution in [1.29, 1.82) is 0 Å². The number of nitrogens with zero attached hydrogens (tertiary/aromatic N) is 1. The van der Waals surface area contributed by atoms with Crippen molar-refractivity contribution >= 4 is 34.4 Å². The lowest BCUT2D eigenvalue weighted by molar-refractivity contribution is -0.148. The Kier molecular flexibility index (Phi) is 5.13. The number of phenols is 1. The van der Waals surface area contributed by atoms with Crippen LogP contribution in [-0.2, 0) is 20.8 Å². The van der Waals surface area contributed by atoms with Crippen LogP contribution in [-0.4, -0.2) is 38.5 Å². The Morgan fingerprint density at radius 1 is 0.973 bits per heavy atom. The number of carbonyl (C=O) groups is 3. The highest BCUT2D eigenvalue weighted by atomic mass is 19.1. The summed E-state index contributed by atoms with van der Waals surface area (Å²) in [5, 5.41) is 25.2. The van der Waals surface area contributed by atoms with E-state index in [9.17, 15) is 29.0 Å². The molecule has 4 aromatic rings. The van der Waals surface area contributed by atoms with Crippen molar-refractivity contribution in [2.45, 2.75) is 18.0 Å². The summed E-state index contributed by atoms with van der Waals surface area (Å²) in [6.45, 7) is 0. The maximum absolute atomic E-state index is 13.9. The highest BCUT2D eigenvalue weighted by molar-refractivity contribution is 6.24. The molecule has 186 valence electrons. The fraction of sp³-hybridized carbons (Fsp3) is 0.179. The summed E-state index contributed by atoms with van der Waals surface area (Å²) >= 11 is 0. The first-order chi connectivity index (χ1) is 17.8. The fourth-order valence-corrected chi connectivity index (χ4v) is 5.88. The van der Waals surface area contributed by atoms with E-state index in [0.717, 1.165) is 27.9 Å². The predicted octanol–water partition coefficient (Wildman–Crippen LogP) is 3.53. The van der Waals surface area contributed by atoms with E-state index >= 15 is 0 Å². The van der Waals surface area contributed by atoms with Crippen molar-refractivity contribution in [1.82, 2.24) is 10.3 Å². The van der Waals surface area contributed by atoms with Crippen LogP contribution in [0.1, 0.15) is 17.2 Å². The van der Waals surface area contributed by atoms with Gasteiger partial charge in [-0.15, -0.1) is 0 Å². The molecular formula is C28H22FN3O5. The summed E-state index contributed by atoms with van der Waals surface area (Å²) in [5.41, 5.74) is 0.105. The summed E-state index contributed by atoms with van der Waals surface area (Å²) in [5.74, 6) is -5.61. The number of rotatable bonds is 5. The molecule has 4 atom stereocenters. The van der Waals surface area contributed by atoms with E-state index in [1.807, 2.05) is 24.3 Å². The number of hydrogen-bond donors (Lipinski definition) is 4. The number of aromatic hydroxyl groups is 1. The van der Waals surface area contributed by atoms with Crippen LogP contribution in [0.5, 0.6) is 5.75 Å². The molecule has 3 aromatic carbocycles. The molecule has 0 unspecified atom stereocenters. The van der Waals surface area contributed by atoms with Gasteiger partial charge in [0.1, 0.15) is 17.1 Å². The minimum atomic E-state index is -1.86. The lowest BCUT2D eigenvalue weighted by Crippen LogP contribution is -2.57. The fourth-order valence-electron chi connectivity index (χ4n) is 5.88. The first kappa shape index (κ1) is 22.9. The molecule has 2 fully saturated rings. The second-order valence-electron chi connectivity index (χ2n) is 9.49. The van der Waals surface area contributed by atoms with Crippen molar-refractivity contribution in [3.8, 4) is 5.75 Å². The Labute approximate surface area is 210 Å². The number of carboxylic acids is 1. The lowest BCUT2D eigenvalue weighted by Gasteiger charge is -2.31. The summed E-state index contributed by atoms with van der Waals surface area (Å²) in [6, 6.07) is 17.7. The number of nitrogens with one attached hydrogen (secondary N) is 2. The van der Waals surface area contributed by atoms with Crippen LogP contribution in [0.15, 0.2) is 79.0 Å². The molecule has 2 aliphatic heterocycles. The number of aromatic nitrogens is 1. The maximum atomic E-state index is 13.9. The third kappa shape index (κ3) is 3.35. The third-order valence-electron chi connectivity index (χ3n) is 7.54. The number of amides is 2. The van der Waals surface area contributed by atoms with E-state index in [1.54, 1.807) is 24.4 Å². The van der Waals surface area contributed by atoms with Crippen LogP contribution in [0.25, 0.3) is 10.9 Å². The number of aliphatic carboxylic acids is 1. The van der Waals surface area contributed by atoms with Crippen LogP contribution >= 0.6 is 0 Å². The smallest absolute Gasteiger partial charge is 0.325 e. The molecule has 6 rings (SSSR count). The van der Waals surface area contributed by atoms with Gasteiger partial charge in [-0.1, -0.05) is 36.4 Å². The molecule has 9 heteroatoms. The molecule has 8 nitrogen and oxygen atoms in total. The van der Waals surface area contributed by atoms with Gasteiger partial charge in [0.15, 0.2) is 0 Å². The molecule has 2 aliphatic rings. The number of H-pyrrole nitrogens is 1. The van der Waals surface area contributed by atoms with Gasteiger partial charge in [-0.25, -0.2) is 9.29 Å². The highest BCUT2D eigenvalue weighted by Gasteiger charge is 2.69. The molecule has 4 N–H and O–H groups in total. The standard InChI is InChI=1S/C28H22FN3O5/c29-16-9-11-17(12-10-16)32-25(34)22-23(26(32)35)28(27(36)37,31-24(22)19-6-2-4-8-21(19)33)13-15-14-30-20-7-3-1-5-18(15)20/h1-12,14,22-24,30-31,33H,13H2,(H,36,37)/t22-,23+,24-,28+/m0/s1. The predicted molar refractivity (Wildman–Crippen MR) is 132 cm³/mol. The number of phenolic OH excluding ortho intramolecular Hbond substituents is 1. The second kappa shape index (κ2) is 8.28. The Morgan fingerprint density at radius 3 is 2.41 bits per heavy atom. The monoisotopic (exact) mass is 499 g/mol. The third-order valence-corrected chi connectivity index (χ3v) is 7.54. The molecule has 1 aromatic heterocycles. The molecule has 0 saturated carbocycles. The van der Waals surface area contributed by atoms with E-state index in [-0.39, 0.29) is 17.9 Å². The van der Waals surface area contributed by atoms with E-state index in [1.165, 1.54) is 18.2 Å². The van der Waals surface area contributed by atoms with E-state index < -0.39 is 47.0 Å². The van der Waals surface area contributed by atoms with Crippen molar-refractivity contribution in [2.24, 2.45) is 11.8 Å². The molecule has 2 saturated heterocycles. The van der Waals surface area contributed by atoms with Gasteiger partial charge in [0.25, 0.3) is 0 Å². The Bertz CT molecular complexity index is 1570. The van der Waals surface area contributed by atoms with Crippen molar-refractivity contribution in [3.63, 3.8) is 0 Å². The van der Waals surface area contributed by atoms with Crippen molar-refractivity contribution in [2.75, 3.05) is 4.90 Å². The number of hydrogen-bond acceptors (Lipinski definition) is 5. The van der Waals surface area contributed by atoms with Gasteiger partial charge in [-0.05, 0) is 42.0 Å². The van der Waals surface area contributed by atoms with Gasteiger partial charge in [-0.2, -0.15) is 0 Å². The van der Waals surface area contributed by atoms with Crippen LogP contribution in [0.3, 0.4) is 0 Å². The summed E-state index contributed by atoms with van der Waals surface area (Å²) in [6.07, 6.45) is 1.62. The van der Waals surface area contributed by atoms with Gasteiger partial charge in [0.2, 0.25) is 11.8 Å². The first-order valence-electron chi connectivity index (χ1n) is 11.8. The zero-order chi connectivity index (χ0) is 25.9. The minimum Gasteiger partial charge on any atom is -0.508 e. The SMILES string of the molecule is O=C1[C@@H]2[C@H](c3ccccc3O)N[C@@](Cc3c[nH]c4ccccc34)(C(=O)O)[C@H]2C(=O)N1c1ccc(F)cc1. The highest BCUT2D eigenvalue weighted by Crippen LogP contribution is 2.52. The number of para-hydroxylation sites is 2. The van der Waals surface area contributed by atoms with Crippen LogP contribution < -0.4 is 10.2 Å². The summed E-state index contributed by atoms with van der Waals surface area (Å²) < 4.78 is 13.6. The van der Waals surface area contributed by atoms with Crippen LogP contribution in [0.4, 0.5) is 10.1 Å². The Balaban J connectivity index is 1.52. The normalized spacial score (nSPS) is 25.1. The molecule has 0 spiro atoms. The number of carbonyl (C=O) groups excluding carboxylic acids is 2. The zero-order valence-electron chi connectivity index (χ0n) is 19.4. The number of anilines is 1. The zero-order valence-corrected chi connectivity index (χ0v) is 19.4. The topological polar surface area (TPSA) is 123 Å². The molecule has 3 heterocycles. The molecule has 0 bridgehead atoms. The first-order valence-corrected chi connectivity index (χ1v) is 11.8. The molecule has 0 aliphatic carbocycles. The van der Waals surface area contributed by atoms with Crippen molar-refractivity contribution in [3.05, 3.63) is 95.9 Å². The summed E-state index contributed by atoms with van der Waals surface area (Å²) in [4.78, 5) is 44.8. The van der Waals surface area contributed by atoms with Gasteiger partial charge >= 0.3 is 5.97 Å². The van der Waals surface area contributed by atoms with E-state index in [4.69, 9.17) is 0 Å². The number of halogens is 1. The number of benzene rings is 3. The molecule has 0 radical (unpaired) electrons. The van der Waals surface area contributed by atoms with Gasteiger partial charge in [-0.3, -0.25) is 19.7 Å². The average molecular weight is 499 g/mol. The second-order valence-corrected chi connectivity index (χ2v) is 9.49. The molecule has 2 amide bonds. The van der Waals surface area contributed by atoms with Gasteiger partial charge in [0, 0.05) is 35.1 Å². The average Bonchev–Trinajstić information content (AvgIpc) is 3.53. The van der Waals surface area contributed by atoms with E-state index in [0.29, 0.717) is 11.1 Å². The number of imide groups is 1. The Morgan fingerprint density at radius 2 is 1.68 bits per heavy atom. The van der Waals surface area contributed by atoms with Gasteiger partial charge < -0.3 is 15.2 Å². The van der Waals surface area contributed by atoms with Crippen LogP contribution in [0.2, 0.25) is 0 Å². The Hall–Kier alpha value is -4.50. The van der Waals surface area contributed by atoms with Crippen LogP contribution in [0, 0.1) is 17.7 Å². The lowest BCUT2D eigenvalue weighted by atomic mass is 9.76. The number of carboxylic acid groups (broad SMARTS) is 1. The quantitative estimate of drug-likeness (QED) is 0.312. The number of aromatic amines is 1. The largest absolute Gasteiger partial charge is 0.508 e. The van der Waals surface area contributed by atoms with Crippen molar-refractivity contribution < 1.29 is 29.0 Å².